The summed E-state index contributed by atoms with van der Waals surface area (Å²) >= 11 is 0. The molecule has 0 radical (unpaired) electrons. The number of amides is 2. The molecule has 1 aromatic heterocycles. The molecule has 0 aliphatic carbocycles. The van der Waals surface area contributed by atoms with Crippen molar-refractivity contribution in [1.29, 1.82) is 0 Å². The Bertz CT molecular complexity index is 1030. The lowest BCUT2D eigenvalue weighted by atomic mass is 10.2. The minimum atomic E-state index is -3.78. The van der Waals surface area contributed by atoms with Crippen LogP contribution in [0.5, 0.6) is 0 Å². The normalized spacial score (nSPS) is 15.5. The minimum absolute atomic E-state index is 0.0763. The summed E-state index contributed by atoms with van der Waals surface area (Å²) in [5.74, 6) is -0.316. The number of aromatic nitrogens is 1. The maximum atomic E-state index is 13.0. The van der Waals surface area contributed by atoms with E-state index < -0.39 is 22.0 Å². The Labute approximate surface area is 174 Å². The third kappa shape index (κ3) is 4.31. The van der Waals surface area contributed by atoms with Crippen molar-refractivity contribution in [2.75, 3.05) is 38.6 Å². The summed E-state index contributed by atoms with van der Waals surface area (Å²) in [5.41, 5.74) is 0.885. The molecule has 1 fully saturated rings. The quantitative estimate of drug-likeness (QED) is 0.728. The fourth-order valence-electron chi connectivity index (χ4n) is 3.38. The predicted octanol–water partition coefficient (Wildman–Crippen LogP) is 2.01. The van der Waals surface area contributed by atoms with Crippen molar-refractivity contribution in [3.05, 3.63) is 41.3 Å². The summed E-state index contributed by atoms with van der Waals surface area (Å²) < 4.78 is 37.1. The van der Waals surface area contributed by atoms with E-state index in [1.165, 1.54) is 16.3 Å². The van der Waals surface area contributed by atoms with Crippen molar-refractivity contribution in [3.63, 3.8) is 0 Å². The second kappa shape index (κ2) is 8.84. The molecule has 1 N–H and O–H groups in total. The number of ether oxygens (including phenoxy) is 1. The molecule has 1 aliphatic heterocycles. The van der Waals surface area contributed by atoms with E-state index in [1.54, 1.807) is 38.1 Å². The molecule has 2 amide bonds. The molecule has 10 nitrogen and oxygen atoms in total. The zero-order chi connectivity index (χ0) is 21.9. The van der Waals surface area contributed by atoms with Crippen LogP contribution in [-0.4, -0.2) is 68.1 Å². The summed E-state index contributed by atoms with van der Waals surface area (Å²) in [7, 11) is -2.51. The molecule has 2 aromatic rings. The first-order valence-electron chi connectivity index (χ1n) is 9.42. The fourth-order valence-corrected chi connectivity index (χ4v) is 5.14. The number of esters is 1. The van der Waals surface area contributed by atoms with E-state index in [0.717, 1.165) is 0 Å². The monoisotopic (exact) mass is 436 g/mol. The molecule has 1 saturated heterocycles. The molecule has 162 valence electrons. The van der Waals surface area contributed by atoms with Gasteiger partial charge in [0.1, 0.15) is 10.6 Å². The number of anilines is 1. The van der Waals surface area contributed by atoms with Gasteiger partial charge in [0, 0.05) is 26.2 Å². The van der Waals surface area contributed by atoms with Crippen LogP contribution >= 0.6 is 0 Å². The van der Waals surface area contributed by atoms with Crippen molar-refractivity contribution in [1.82, 2.24) is 14.4 Å². The first-order valence-corrected chi connectivity index (χ1v) is 10.9. The zero-order valence-corrected chi connectivity index (χ0v) is 17.9. The minimum Gasteiger partial charge on any atom is -0.465 e. The molecule has 2 heterocycles. The number of hydrogen-bond acceptors (Lipinski definition) is 7. The number of benzene rings is 1. The Morgan fingerprint density at radius 1 is 1.13 bits per heavy atom. The van der Waals surface area contributed by atoms with Gasteiger partial charge in [0.25, 0.3) is 0 Å². The standard InChI is InChI=1S/C19H24N4O6S/c1-13-17(14(2)29-21-13)30(26,27)23-10-6-9-22(11-12-23)19(25)20-16-8-5-4-7-15(16)18(24)28-3/h4-5,7-8H,6,9-12H2,1-3H3,(H,20,25). The van der Waals surface area contributed by atoms with Gasteiger partial charge in [-0.1, -0.05) is 17.3 Å². The Morgan fingerprint density at radius 2 is 1.87 bits per heavy atom. The first kappa shape index (κ1) is 21.8. The fraction of sp³-hybridized carbons (Fsp3) is 0.421. The van der Waals surface area contributed by atoms with Crippen molar-refractivity contribution < 1.29 is 27.3 Å². The van der Waals surface area contributed by atoms with Gasteiger partial charge in [0.15, 0.2) is 5.76 Å². The lowest BCUT2D eigenvalue weighted by Gasteiger charge is -2.22. The summed E-state index contributed by atoms with van der Waals surface area (Å²) in [4.78, 5) is 26.2. The van der Waals surface area contributed by atoms with Crippen LogP contribution in [0.1, 0.15) is 28.2 Å². The van der Waals surface area contributed by atoms with E-state index in [-0.39, 0.29) is 35.9 Å². The van der Waals surface area contributed by atoms with E-state index in [4.69, 9.17) is 9.26 Å². The maximum absolute atomic E-state index is 13.0. The molecular formula is C19H24N4O6S. The molecule has 0 saturated carbocycles. The van der Waals surface area contributed by atoms with E-state index in [2.05, 4.69) is 10.5 Å². The van der Waals surface area contributed by atoms with Gasteiger partial charge in [0.05, 0.1) is 18.4 Å². The van der Waals surface area contributed by atoms with E-state index in [9.17, 15) is 18.0 Å². The van der Waals surface area contributed by atoms with Gasteiger partial charge in [-0.05, 0) is 32.4 Å². The molecule has 0 spiro atoms. The summed E-state index contributed by atoms with van der Waals surface area (Å²) in [5, 5.41) is 6.44. The summed E-state index contributed by atoms with van der Waals surface area (Å²) in [6.07, 6.45) is 0.467. The number of methoxy groups -OCH3 is 1. The number of sulfonamides is 1. The van der Waals surface area contributed by atoms with Crippen LogP contribution in [0.2, 0.25) is 0 Å². The highest BCUT2D eigenvalue weighted by atomic mass is 32.2. The molecule has 30 heavy (non-hydrogen) atoms. The topological polar surface area (TPSA) is 122 Å². The van der Waals surface area contributed by atoms with Gasteiger partial charge < -0.3 is 19.5 Å². The molecular weight excluding hydrogens is 412 g/mol. The highest BCUT2D eigenvalue weighted by molar-refractivity contribution is 7.89. The Balaban J connectivity index is 1.72. The number of aryl methyl sites for hydroxylation is 2. The molecule has 11 heteroatoms. The average Bonchev–Trinajstić information content (AvgIpc) is 2.92. The van der Waals surface area contributed by atoms with Crippen molar-refractivity contribution in [3.8, 4) is 0 Å². The Morgan fingerprint density at radius 3 is 2.53 bits per heavy atom. The van der Waals surface area contributed by atoms with Crippen molar-refractivity contribution in [2.24, 2.45) is 0 Å². The molecule has 1 aromatic carbocycles. The van der Waals surface area contributed by atoms with Gasteiger partial charge >= 0.3 is 12.0 Å². The van der Waals surface area contributed by atoms with Crippen LogP contribution in [0.3, 0.4) is 0 Å². The zero-order valence-electron chi connectivity index (χ0n) is 17.0. The number of urea groups is 1. The van der Waals surface area contributed by atoms with Crippen LogP contribution in [0.4, 0.5) is 10.5 Å². The largest absolute Gasteiger partial charge is 0.465 e. The number of para-hydroxylation sites is 1. The van der Waals surface area contributed by atoms with Crippen molar-refractivity contribution >= 4 is 27.7 Å². The lowest BCUT2D eigenvalue weighted by Crippen LogP contribution is -2.39. The third-order valence-corrected chi connectivity index (χ3v) is 7.03. The Hall–Kier alpha value is -2.92. The molecule has 0 atom stereocenters. The number of nitrogens with zero attached hydrogens (tertiary/aromatic N) is 3. The second-order valence-electron chi connectivity index (χ2n) is 6.87. The van der Waals surface area contributed by atoms with E-state index in [0.29, 0.717) is 24.3 Å². The highest BCUT2D eigenvalue weighted by Gasteiger charge is 2.33. The molecule has 0 unspecified atom stereocenters. The van der Waals surface area contributed by atoms with Gasteiger partial charge in [-0.25, -0.2) is 18.0 Å². The number of rotatable bonds is 4. The van der Waals surface area contributed by atoms with Gasteiger partial charge in [-0.15, -0.1) is 0 Å². The molecule has 1 aliphatic rings. The Kier molecular flexibility index (Phi) is 6.42. The number of hydrogen-bond donors (Lipinski definition) is 1. The van der Waals surface area contributed by atoms with Crippen LogP contribution in [0, 0.1) is 13.8 Å². The summed E-state index contributed by atoms with van der Waals surface area (Å²) in [6, 6.07) is 6.12. The smallest absolute Gasteiger partial charge is 0.339 e. The second-order valence-corrected chi connectivity index (χ2v) is 8.74. The van der Waals surface area contributed by atoms with Crippen LogP contribution < -0.4 is 5.32 Å². The number of carbonyl (C=O) groups is 2. The molecule has 3 rings (SSSR count). The van der Waals surface area contributed by atoms with Crippen LogP contribution in [0.25, 0.3) is 0 Å². The molecule has 0 bridgehead atoms. The average molecular weight is 436 g/mol. The first-order chi connectivity index (χ1) is 14.3. The van der Waals surface area contributed by atoms with Crippen LogP contribution in [-0.2, 0) is 14.8 Å². The summed E-state index contributed by atoms with van der Waals surface area (Å²) in [6.45, 7) is 4.13. The van der Waals surface area contributed by atoms with Crippen LogP contribution in [0.15, 0.2) is 33.7 Å². The van der Waals surface area contributed by atoms with E-state index in [1.807, 2.05) is 0 Å². The van der Waals surface area contributed by atoms with Gasteiger partial charge in [-0.3, -0.25) is 0 Å². The van der Waals surface area contributed by atoms with Gasteiger partial charge in [0.2, 0.25) is 10.0 Å². The van der Waals surface area contributed by atoms with E-state index >= 15 is 0 Å². The number of nitrogens with one attached hydrogen (secondary N) is 1. The maximum Gasteiger partial charge on any atom is 0.339 e. The predicted molar refractivity (Wildman–Crippen MR) is 108 cm³/mol. The highest BCUT2D eigenvalue weighted by Crippen LogP contribution is 2.24. The lowest BCUT2D eigenvalue weighted by molar-refractivity contribution is 0.0602. The van der Waals surface area contributed by atoms with Crippen molar-refractivity contribution in [2.45, 2.75) is 25.2 Å². The third-order valence-electron chi connectivity index (χ3n) is 4.88. The van der Waals surface area contributed by atoms with Gasteiger partial charge in [-0.2, -0.15) is 4.31 Å². The number of carbonyl (C=O) groups excluding carboxylic acids is 2. The SMILES string of the molecule is COC(=O)c1ccccc1NC(=O)N1CCCN(S(=O)(=O)c2c(C)noc2C)CC1.